The molecular weight excluding hydrogens is 173 g/mol. The maximum Gasteiger partial charge on any atom is 0.227 e. The molecule has 2 rings (SSSR count). The molecule has 4 heteroatoms. The maximum absolute atomic E-state index is 13.2. The van der Waals surface area contributed by atoms with Gasteiger partial charge in [0.1, 0.15) is 11.9 Å². The molecule has 1 heterocycles. The summed E-state index contributed by atoms with van der Waals surface area (Å²) in [5.41, 5.74) is 0.793. The molecule has 1 aromatic rings. The van der Waals surface area contributed by atoms with Gasteiger partial charge in [-0.25, -0.2) is 4.39 Å². The van der Waals surface area contributed by atoms with Crippen LogP contribution in [0.1, 0.15) is 18.2 Å². The van der Waals surface area contributed by atoms with E-state index in [1.54, 1.807) is 0 Å². The molecule has 2 N–H and O–H groups in total. The first kappa shape index (κ1) is 8.04. The fraction of sp³-hybridized carbons (Fsp3) is 0.222. The average Bonchev–Trinajstić information content (AvgIpc) is 2.02. The van der Waals surface area contributed by atoms with Crippen LogP contribution in [-0.2, 0) is 4.79 Å². The van der Waals surface area contributed by atoms with Crippen molar-refractivity contribution in [3.8, 4) is 5.75 Å². The summed E-state index contributed by atoms with van der Waals surface area (Å²) < 4.78 is 13.2. The standard InChI is InChI=1S/C9H8FNO2/c10-7-4-9(13)11-8-3-5(12)1-2-6(7)8/h1-3,7,12H,4H2,(H,11,13). The van der Waals surface area contributed by atoms with Crippen LogP contribution >= 0.6 is 0 Å². The van der Waals surface area contributed by atoms with Gasteiger partial charge in [-0.05, 0) is 6.07 Å². The highest BCUT2D eigenvalue weighted by Crippen LogP contribution is 2.34. The highest BCUT2D eigenvalue weighted by molar-refractivity contribution is 5.94. The van der Waals surface area contributed by atoms with Crippen molar-refractivity contribution in [2.45, 2.75) is 12.6 Å². The summed E-state index contributed by atoms with van der Waals surface area (Å²) in [6.45, 7) is 0. The Kier molecular flexibility index (Phi) is 1.69. The Hall–Kier alpha value is -1.58. The fourth-order valence-corrected chi connectivity index (χ4v) is 1.40. The van der Waals surface area contributed by atoms with Crippen LogP contribution in [0.3, 0.4) is 0 Å². The van der Waals surface area contributed by atoms with Crippen LogP contribution in [-0.4, -0.2) is 11.0 Å². The van der Waals surface area contributed by atoms with Crippen LogP contribution in [0.15, 0.2) is 18.2 Å². The van der Waals surface area contributed by atoms with Crippen molar-refractivity contribution in [1.29, 1.82) is 0 Å². The molecule has 0 bridgehead atoms. The molecule has 68 valence electrons. The van der Waals surface area contributed by atoms with Gasteiger partial charge in [0.25, 0.3) is 0 Å². The molecule has 0 fully saturated rings. The molecule has 1 aliphatic rings. The van der Waals surface area contributed by atoms with Crippen LogP contribution in [0, 0.1) is 0 Å². The Bertz CT molecular complexity index is 365. The minimum Gasteiger partial charge on any atom is -0.508 e. The predicted octanol–water partition coefficient (Wildman–Crippen LogP) is 1.75. The number of aromatic hydroxyl groups is 1. The van der Waals surface area contributed by atoms with E-state index in [0.29, 0.717) is 11.3 Å². The van der Waals surface area contributed by atoms with Crippen LogP contribution in [0.2, 0.25) is 0 Å². The first-order valence-electron chi connectivity index (χ1n) is 3.93. The zero-order valence-electron chi connectivity index (χ0n) is 6.75. The summed E-state index contributed by atoms with van der Waals surface area (Å²) >= 11 is 0. The topological polar surface area (TPSA) is 49.3 Å². The van der Waals surface area contributed by atoms with Gasteiger partial charge in [0.15, 0.2) is 0 Å². The molecule has 0 saturated carbocycles. The number of halogens is 1. The van der Waals surface area contributed by atoms with E-state index in [1.165, 1.54) is 18.2 Å². The number of anilines is 1. The highest BCUT2D eigenvalue weighted by atomic mass is 19.1. The van der Waals surface area contributed by atoms with Crippen molar-refractivity contribution in [3.05, 3.63) is 23.8 Å². The normalized spacial score (nSPS) is 20.7. The van der Waals surface area contributed by atoms with Crippen LogP contribution in [0.4, 0.5) is 10.1 Å². The van der Waals surface area contributed by atoms with Gasteiger partial charge in [0.05, 0.1) is 12.1 Å². The Labute approximate surface area is 74.2 Å². The van der Waals surface area contributed by atoms with Gasteiger partial charge in [-0.2, -0.15) is 0 Å². The number of phenolic OH excluding ortho intramolecular Hbond substituents is 1. The smallest absolute Gasteiger partial charge is 0.227 e. The Balaban J connectivity index is 2.49. The van der Waals surface area contributed by atoms with E-state index in [0.717, 1.165) is 0 Å². The fourth-order valence-electron chi connectivity index (χ4n) is 1.40. The Morgan fingerprint density at radius 3 is 3.08 bits per heavy atom. The number of rotatable bonds is 0. The highest BCUT2D eigenvalue weighted by Gasteiger charge is 2.24. The molecule has 1 amide bonds. The summed E-state index contributed by atoms with van der Waals surface area (Å²) in [5, 5.41) is 11.6. The minimum atomic E-state index is -1.26. The van der Waals surface area contributed by atoms with E-state index in [-0.39, 0.29) is 18.1 Å². The number of alkyl halides is 1. The second-order valence-electron chi connectivity index (χ2n) is 2.99. The van der Waals surface area contributed by atoms with Crippen molar-refractivity contribution in [1.82, 2.24) is 0 Å². The van der Waals surface area contributed by atoms with Crippen molar-refractivity contribution < 1.29 is 14.3 Å². The molecular formula is C9H8FNO2. The first-order valence-corrected chi connectivity index (χ1v) is 3.93. The van der Waals surface area contributed by atoms with E-state index < -0.39 is 6.17 Å². The SMILES string of the molecule is O=C1CC(F)c2ccc(O)cc2N1. The Morgan fingerprint density at radius 2 is 2.31 bits per heavy atom. The van der Waals surface area contributed by atoms with Crippen LogP contribution in [0.25, 0.3) is 0 Å². The quantitative estimate of drug-likeness (QED) is 0.640. The lowest BCUT2D eigenvalue weighted by Crippen LogP contribution is -2.20. The van der Waals surface area contributed by atoms with Gasteiger partial charge in [-0.1, -0.05) is 6.07 Å². The summed E-state index contributed by atoms with van der Waals surface area (Å²) in [6, 6.07) is 4.23. The third kappa shape index (κ3) is 1.35. The lowest BCUT2D eigenvalue weighted by atomic mass is 10.0. The summed E-state index contributed by atoms with van der Waals surface area (Å²) in [5.74, 6) is -0.334. The van der Waals surface area contributed by atoms with E-state index in [9.17, 15) is 9.18 Å². The molecule has 0 aromatic heterocycles. The van der Waals surface area contributed by atoms with Crippen molar-refractivity contribution in [2.75, 3.05) is 5.32 Å². The molecule has 0 spiro atoms. The van der Waals surface area contributed by atoms with Gasteiger partial charge in [-0.15, -0.1) is 0 Å². The third-order valence-corrected chi connectivity index (χ3v) is 2.01. The van der Waals surface area contributed by atoms with Gasteiger partial charge >= 0.3 is 0 Å². The number of fused-ring (bicyclic) bond motifs is 1. The van der Waals surface area contributed by atoms with Crippen molar-refractivity contribution >= 4 is 11.6 Å². The second kappa shape index (κ2) is 2.73. The third-order valence-electron chi connectivity index (χ3n) is 2.01. The number of amides is 1. The van der Waals surface area contributed by atoms with E-state index >= 15 is 0 Å². The number of nitrogens with one attached hydrogen (secondary N) is 1. The molecule has 1 aliphatic heterocycles. The van der Waals surface area contributed by atoms with Crippen LogP contribution in [0.5, 0.6) is 5.75 Å². The molecule has 1 aromatic carbocycles. The first-order chi connectivity index (χ1) is 6.16. The van der Waals surface area contributed by atoms with Crippen molar-refractivity contribution in [3.63, 3.8) is 0 Å². The zero-order chi connectivity index (χ0) is 9.42. The summed E-state index contributed by atoms with van der Waals surface area (Å²) in [4.78, 5) is 10.9. The number of phenols is 1. The second-order valence-corrected chi connectivity index (χ2v) is 2.99. The van der Waals surface area contributed by atoms with E-state index in [1.807, 2.05) is 0 Å². The lowest BCUT2D eigenvalue weighted by molar-refractivity contribution is -0.117. The monoisotopic (exact) mass is 181 g/mol. The van der Waals surface area contributed by atoms with E-state index in [4.69, 9.17) is 5.11 Å². The molecule has 13 heavy (non-hydrogen) atoms. The van der Waals surface area contributed by atoms with Gasteiger partial charge in [0, 0.05) is 11.6 Å². The molecule has 0 aliphatic carbocycles. The van der Waals surface area contributed by atoms with Gasteiger partial charge in [-0.3, -0.25) is 4.79 Å². The number of carbonyl (C=O) groups is 1. The molecule has 1 unspecified atom stereocenters. The summed E-state index contributed by atoms with van der Waals surface area (Å²) in [7, 11) is 0. The van der Waals surface area contributed by atoms with Crippen LogP contribution < -0.4 is 5.32 Å². The predicted molar refractivity (Wildman–Crippen MR) is 45.2 cm³/mol. The maximum atomic E-state index is 13.2. The molecule has 3 nitrogen and oxygen atoms in total. The number of benzene rings is 1. The minimum absolute atomic E-state index is 0.0214. The molecule has 1 atom stereocenters. The molecule has 0 radical (unpaired) electrons. The number of hydrogen-bond acceptors (Lipinski definition) is 2. The van der Waals surface area contributed by atoms with Gasteiger partial charge < -0.3 is 10.4 Å². The summed E-state index contributed by atoms with van der Waals surface area (Å²) in [6.07, 6.45) is -1.40. The molecule has 0 saturated heterocycles. The Morgan fingerprint density at radius 1 is 1.54 bits per heavy atom. The van der Waals surface area contributed by atoms with E-state index in [2.05, 4.69) is 5.32 Å². The zero-order valence-corrected chi connectivity index (χ0v) is 6.75. The van der Waals surface area contributed by atoms with Gasteiger partial charge in [0.2, 0.25) is 5.91 Å². The van der Waals surface area contributed by atoms with Crippen molar-refractivity contribution in [2.24, 2.45) is 0 Å². The average molecular weight is 181 g/mol. The lowest BCUT2D eigenvalue weighted by Gasteiger charge is -2.19. The number of carbonyl (C=O) groups excluding carboxylic acids is 1. The number of hydrogen-bond donors (Lipinski definition) is 2. The largest absolute Gasteiger partial charge is 0.508 e.